The SMILES string of the molecule is CNC(=O)Nc1cc2c(=O)n(CC3(O)CCN(C(=O)C[C@@H](C)c4ccccc4)CC3)cnn2c1. The maximum atomic E-state index is 12.9. The van der Waals surface area contributed by atoms with Gasteiger partial charge in [0.25, 0.3) is 5.56 Å². The molecular formula is C24H30N6O4. The predicted octanol–water partition coefficient (Wildman–Crippen LogP) is 1.79. The van der Waals surface area contributed by atoms with Crippen LogP contribution in [0.15, 0.2) is 53.7 Å². The van der Waals surface area contributed by atoms with Gasteiger partial charge in [-0.25, -0.2) is 9.31 Å². The van der Waals surface area contributed by atoms with Gasteiger partial charge in [0.2, 0.25) is 5.91 Å². The molecule has 3 N–H and O–H groups in total. The fraction of sp³-hybridized carbons (Fsp3) is 0.417. The number of nitrogens with zero attached hydrogens (tertiary/aromatic N) is 4. The Bertz CT molecular complexity index is 1230. The lowest BCUT2D eigenvalue weighted by molar-refractivity contribution is -0.136. The Labute approximate surface area is 197 Å². The minimum Gasteiger partial charge on any atom is -0.388 e. The van der Waals surface area contributed by atoms with Gasteiger partial charge in [0.1, 0.15) is 11.8 Å². The van der Waals surface area contributed by atoms with Crippen molar-refractivity contribution in [3.8, 4) is 0 Å². The zero-order valence-electron chi connectivity index (χ0n) is 19.4. The highest BCUT2D eigenvalue weighted by molar-refractivity contribution is 5.89. The molecule has 2 aromatic heterocycles. The molecule has 10 heteroatoms. The summed E-state index contributed by atoms with van der Waals surface area (Å²) in [6.45, 7) is 3.00. The summed E-state index contributed by atoms with van der Waals surface area (Å²) in [4.78, 5) is 39.1. The second-order valence-electron chi connectivity index (χ2n) is 8.95. The van der Waals surface area contributed by atoms with Gasteiger partial charge in [0, 0.05) is 26.6 Å². The molecule has 1 aromatic carbocycles. The minimum absolute atomic E-state index is 0.0722. The fourth-order valence-corrected chi connectivity index (χ4v) is 4.34. The number of carbonyl (C=O) groups excluding carboxylic acids is 2. The van der Waals surface area contributed by atoms with E-state index in [2.05, 4.69) is 15.7 Å². The monoisotopic (exact) mass is 466 g/mol. The van der Waals surface area contributed by atoms with Gasteiger partial charge in [-0.15, -0.1) is 0 Å². The zero-order chi connectivity index (χ0) is 24.3. The number of benzene rings is 1. The van der Waals surface area contributed by atoms with Crippen LogP contribution in [0.3, 0.4) is 0 Å². The van der Waals surface area contributed by atoms with Crippen molar-refractivity contribution in [2.45, 2.75) is 44.2 Å². The van der Waals surface area contributed by atoms with Crippen molar-refractivity contribution in [3.63, 3.8) is 0 Å². The molecule has 10 nitrogen and oxygen atoms in total. The Hall–Kier alpha value is -3.66. The van der Waals surface area contributed by atoms with Gasteiger partial charge in [-0.3, -0.25) is 14.2 Å². The minimum atomic E-state index is -1.11. The van der Waals surface area contributed by atoms with E-state index in [1.165, 1.54) is 22.5 Å². The van der Waals surface area contributed by atoms with Gasteiger partial charge in [0.05, 0.1) is 24.0 Å². The molecule has 1 aliphatic rings. The number of hydrogen-bond acceptors (Lipinski definition) is 5. The molecule has 1 aliphatic heterocycles. The van der Waals surface area contributed by atoms with Crippen molar-refractivity contribution in [1.29, 1.82) is 0 Å². The van der Waals surface area contributed by atoms with Gasteiger partial charge >= 0.3 is 6.03 Å². The molecule has 4 rings (SSSR count). The van der Waals surface area contributed by atoms with E-state index in [0.29, 0.717) is 43.6 Å². The normalized spacial score (nSPS) is 16.3. The molecule has 1 saturated heterocycles. The van der Waals surface area contributed by atoms with E-state index >= 15 is 0 Å². The first-order valence-corrected chi connectivity index (χ1v) is 11.4. The van der Waals surface area contributed by atoms with Crippen LogP contribution >= 0.6 is 0 Å². The number of piperidine rings is 1. The van der Waals surface area contributed by atoms with Crippen LogP contribution in [0.2, 0.25) is 0 Å². The van der Waals surface area contributed by atoms with Gasteiger partial charge in [0.15, 0.2) is 0 Å². The molecule has 0 saturated carbocycles. The van der Waals surface area contributed by atoms with E-state index < -0.39 is 11.6 Å². The molecule has 0 radical (unpaired) electrons. The molecule has 3 aromatic rings. The molecule has 34 heavy (non-hydrogen) atoms. The van der Waals surface area contributed by atoms with Crippen LogP contribution < -0.4 is 16.2 Å². The largest absolute Gasteiger partial charge is 0.388 e. The van der Waals surface area contributed by atoms with Crippen LogP contribution in [0.5, 0.6) is 0 Å². The van der Waals surface area contributed by atoms with Crippen molar-refractivity contribution in [1.82, 2.24) is 24.4 Å². The summed E-state index contributed by atoms with van der Waals surface area (Å²) < 4.78 is 2.78. The number of nitrogens with one attached hydrogen (secondary N) is 2. The summed E-state index contributed by atoms with van der Waals surface area (Å²) in [6.07, 6.45) is 4.10. The van der Waals surface area contributed by atoms with Crippen molar-refractivity contribution < 1.29 is 14.7 Å². The molecule has 0 spiro atoms. The Balaban J connectivity index is 1.38. The van der Waals surface area contributed by atoms with Crippen molar-refractivity contribution in [2.24, 2.45) is 0 Å². The maximum Gasteiger partial charge on any atom is 0.319 e. The smallest absolute Gasteiger partial charge is 0.319 e. The third kappa shape index (κ3) is 5.12. The lowest BCUT2D eigenvalue weighted by atomic mass is 9.90. The van der Waals surface area contributed by atoms with Gasteiger partial charge in [-0.1, -0.05) is 37.3 Å². The summed E-state index contributed by atoms with van der Waals surface area (Å²) >= 11 is 0. The predicted molar refractivity (Wildman–Crippen MR) is 128 cm³/mol. The van der Waals surface area contributed by atoms with Crippen LogP contribution in [-0.4, -0.2) is 61.9 Å². The first-order chi connectivity index (χ1) is 16.3. The van der Waals surface area contributed by atoms with E-state index in [-0.39, 0.29) is 23.9 Å². The Kier molecular flexibility index (Phi) is 6.69. The van der Waals surface area contributed by atoms with Crippen LogP contribution in [0, 0.1) is 0 Å². The number of aliphatic hydroxyl groups is 1. The lowest BCUT2D eigenvalue weighted by Gasteiger charge is -2.38. The average Bonchev–Trinajstić information content (AvgIpc) is 3.25. The Morgan fingerprint density at radius 2 is 1.91 bits per heavy atom. The summed E-state index contributed by atoms with van der Waals surface area (Å²) in [7, 11) is 1.50. The average molecular weight is 467 g/mol. The number of amides is 3. The van der Waals surface area contributed by atoms with E-state index in [0.717, 1.165) is 5.56 Å². The quantitative estimate of drug-likeness (QED) is 0.512. The summed E-state index contributed by atoms with van der Waals surface area (Å²) in [5.41, 5.74) is 0.438. The second kappa shape index (κ2) is 9.68. The highest BCUT2D eigenvalue weighted by Crippen LogP contribution is 2.26. The van der Waals surface area contributed by atoms with Gasteiger partial charge < -0.3 is 20.6 Å². The number of hydrogen-bond donors (Lipinski definition) is 3. The molecular weight excluding hydrogens is 436 g/mol. The summed E-state index contributed by atoms with van der Waals surface area (Å²) in [5, 5.41) is 20.4. The number of anilines is 1. The van der Waals surface area contributed by atoms with Crippen LogP contribution in [0.25, 0.3) is 5.52 Å². The molecule has 3 amide bonds. The van der Waals surface area contributed by atoms with Crippen LogP contribution in [0.4, 0.5) is 10.5 Å². The lowest BCUT2D eigenvalue weighted by Crippen LogP contribution is -2.49. The van der Waals surface area contributed by atoms with Crippen LogP contribution in [-0.2, 0) is 11.3 Å². The maximum absolute atomic E-state index is 12.9. The van der Waals surface area contributed by atoms with E-state index in [1.807, 2.05) is 37.3 Å². The van der Waals surface area contributed by atoms with Gasteiger partial charge in [-0.2, -0.15) is 5.10 Å². The van der Waals surface area contributed by atoms with Crippen LogP contribution in [0.1, 0.15) is 37.7 Å². The highest BCUT2D eigenvalue weighted by Gasteiger charge is 2.35. The van der Waals surface area contributed by atoms with Crippen molar-refractivity contribution in [2.75, 3.05) is 25.5 Å². The molecule has 3 heterocycles. The number of urea groups is 1. The summed E-state index contributed by atoms with van der Waals surface area (Å²) in [5.74, 6) is 0.193. The third-order valence-corrected chi connectivity index (χ3v) is 6.44. The molecule has 1 fully saturated rings. The van der Waals surface area contributed by atoms with E-state index in [4.69, 9.17) is 0 Å². The number of rotatable bonds is 6. The summed E-state index contributed by atoms with van der Waals surface area (Å²) in [6, 6.07) is 11.1. The molecule has 0 aliphatic carbocycles. The molecule has 1 atom stereocenters. The zero-order valence-corrected chi connectivity index (χ0v) is 19.4. The molecule has 0 unspecified atom stereocenters. The first kappa shape index (κ1) is 23.5. The van der Waals surface area contributed by atoms with E-state index in [1.54, 1.807) is 17.2 Å². The molecule has 180 valence electrons. The Morgan fingerprint density at radius 3 is 2.59 bits per heavy atom. The fourth-order valence-electron chi connectivity index (χ4n) is 4.34. The second-order valence-corrected chi connectivity index (χ2v) is 8.95. The van der Waals surface area contributed by atoms with Crippen molar-refractivity contribution in [3.05, 3.63) is 64.8 Å². The standard InChI is InChI=1S/C24H30N6O4/c1-17(18-6-4-3-5-7-18)12-21(31)28-10-8-24(34,9-11-28)15-29-16-26-30-14-19(27-23(33)25-2)13-20(30)22(29)32/h3-7,13-14,16-17,34H,8-12,15H2,1-2H3,(H2,25,27,33)/t17-/m1/s1. The molecule has 0 bridgehead atoms. The number of aromatic nitrogens is 3. The number of fused-ring (bicyclic) bond motifs is 1. The van der Waals surface area contributed by atoms with E-state index in [9.17, 15) is 19.5 Å². The number of likely N-dealkylation sites (tertiary alicyclic amines) is 1. The Morgan fingerprint density at radius 1 is 1.21 bits per heavy atom. The highest BCUT2D eigenvalue weighted by atomic mass is 16.3. The topological polar surface area (TPSA) is 121 Å². The number of carbonyl (C=O) groups is 2. The third-order valence-electron chi connectivity index (χ3n) is 6.44. The van der Waals surface area contributed by atoms with Crippen molar-refractivity contribution >= 4 is 23.1 Å². The first-order valence-electron chi connectivity index (χ1n) is 11.4. The van der Waals surface area contributed by atoms with Gasteiger partial charge in [-0.05, 0) is 30.4 Å².